The topological polar surface area (TPSA) is 47.3 Å². The standard InChI is InChI=1S/C13H10BrF3N2O/c14-9-5-12(11(18)6-10(9)15)19-7-1-3-8(4-2-7)20-13(16)17/h1-6,13,19H,18H2. The molecule has 0 aliphatic rings. The van der Waals surface area contributed by atoms with Crippen LogP contribution in [0.2, 0.25) is 0 Å². The number of nitrogens with two attached hydrogens (primary N) is 1. The number of nitrogen functional groups attached to an aromatic ring is 1. The summed E-state index contributed by atoms with van der Waals surface area (Å²) in [5.74, 6) is -0.410. The molecule has 0 radical (unpaired) electrons. The first-order valence-electron chi connectivity index (χ1n) is 5.52. The van der Waals surface area contributed by atoms with E-state index >= 15 is 0 Å². The maximum absolute atomic E-state index is 13.2. The largest absolute Gasteiger partial charge is 0.435 e. The molecular weight excluding hydrogens is 337 g/mol. The predicted molar refractivity (Wildman–Crippen MR) is 74.9 cm³/mol. The normalized spacial score (nSPS) is 10.7. The SMILES string of the molecule is Nc1cc(F)c(Br)cc1Nc1ccc(OC(F)F)cc1. The lowest BCUT2D eigenvalue weighted by Crippen LogP contribution is -2.02. The van der Waals surface area contributed by atoms with E-state index in [9.17, 15) is 13.2 Å². The van der Waals surface area contributed by atoms with Crippen LogP contribution in [0, 0.1) is 5.82 Å². The quantitative estimate of drug-likeness (QED) is 0.800. The van der Waals surface area contributed by atoms with Gasteiger partial charge >= 0.3 is 6.61 Å². The summed E-state index contributed by atoms with van der Waals surface area (Å²) in [5.41, 5.74) is 7.03. The molecule has 0 unspecified atom stereocenters. The van der Waals surface area contributed by atoms with Crippen molar-refractivity contribution in [2.45, 2.75) is 6.61 Å². The number of alkyl halides is 2. The van der Waals surface area contributed by atoms with Crippen molar-refractivity contribution >= 4 is 33.0 Å². The third kappa shape index (κ3) is 3.57. The van der Waals surface area contributed by atoms with Gasteiger partial charge in [-0.1, -0.05) is 0 Å². The maximum Gasteiger partial charge on any atom is 0.387 e. The minimum Gasteiger partial charge on any atom is -0.435 e. The molecule has 106 valence electrons. The van der Waals surface area contributed by atoms with E-state index in [1.165, 1.54) is 24.3 Å². The number of hydrogen-bond acceptors (Lipinski definition) is 3. The Kier molecular flexibility index (Phi) is 4.39. The molecule has 0 amide bonds. The number of hydrogen-bond donors (Lipinski definition) is 2. The molecule has 0 spiro atoms. The zero-order valence-electron chi connectivity index (χ0n) is 10.0. The van der Waals surface area contributed by atoms with E-state index in [1.54, 1.807) is 12.1 Å². The number of benzene rings is 2. The summed E-state index contributed by atoms with van der Waals surface area (Å²) in [6, 6.07) is 8.56. The molecule has 2 aromatic rings. The van der Waals surface area contributed by atoms with E-state index < -0.39 is 12.4 Å². The summed E-state index contributed by atoms with van der Waals surface area (Å²) in [6.07, 6.45) is 0. The smallest absolute Gasteiger partial charge is 0.387 e. The van der Waals surface area contributed by atoms with Crippen molar-refractivity contribution in [1.82, 2.24) is 0 Å². The Hall–Kier alpha value is -1.89. The second-order valence-electron chi connectivity index (χ2n) is 3.88. The van der Waals surface area contributed by atoms with Gasteiger partial charge in [-0.2, -0.15) is 8.78 Å². The average Bonchev–Trinajstić information content (AvgIpc) is 2.37. The first kappa shape index (κ1) is 14.5. The van der Waals surface area contributed by atoms with Crippen molar-refractivity contribution in [2.75, 3.05) is 11.1 Å². The van der Waals surface area contributed by atoms with E-state index in [0.717, 1.165) is 0 Å². The lowest BCUT2D eigenvalue weighted by molar-refractivity contribution is -0.0498. The van der Waals surface area contributed by atoms with Gasteiger partial charge in [0.15, 0.2) is 0 Å². The number of nitrogens with one attached hydrogen (secondary N) is 1. The van der Waals surface area contributed by atoms with E-state index in [0.29, 0.717) is 11.4 Å². The highest BCUT2D eigenvalue weighted by atomic mass is 79.9. The van der Waals surface area contributed by atoms with E-state index in [1.807, 2.05) is 0 Å². The number of ether oxygens (including phenoxy) is 1. The average molecular weight is 347 g/mol. The van der Waals surface area contributed by atoms with Gasteiger partial charge in [0.1, 0.15) is 11.6 Å². The monoisotopic (exact) mass is 346 g/mol. The molecule has 3 nitrogen and oxygen atoms in total. The van der Waals surface area contributed by atoms with Crippen LogP contribution in [0.5, 0.6) is 5.75 Å². The van der Waals surface area contributed by atoms with Crippen LogP contribution in [0.3, 0.4) is 0 Å². The lowest BCUT2D eigenvalue weighted by atomic mass is 10.2. The molecule has 0 bridgehead atoms. The van der Waals surface area contributed by atoms with Gasteiger partial charge in [-0.15, -0.1) is 0 Å². The van der Waals surface area contributed by atoms with E-state index in [2.05, 4.69) is 26.0 Å². The van der Waals surface area contributed by atoms with Crippen molar-refractivity contribution < 1.29 is 17.9 Å². The fourth-order valence-electron chi connectivity index (χ4n) is 1.55. The van der Waals surface area contributed by atoms with Crippen LogP contribution in [0.1, 0.15) is 0 Å². The Balaban J connectivity index is 2.16. The summed E-state index contributed by atoms with van der Waals surface area (Å²) in [4.78, 5) is 0. The molecule has 0 saturated heterocycles. The van der Waals surface area contributed by atoms with Crippen LogP contribution in [-0.4, -0.2) is 6.61 Å². The Morgan fingerprint density at radius 3 is 2.40 bits per heavy atom. The molecule has 0 atom stereocenters. The third-order valence-corrected chi connectivity index (χ3v) is 3.06. The molecule has 0 heterocycles. The van der Waals surface area contributed by atoms with Gasteiger partial charge in [-0.25, -0.2) is 4.39 Å². The second kappa shape index (κ2) is 6.04. The van der Waals surface area contributed by atoms with Crippen LogP contribution in [0.4, 0.5) is 30.2 Å². The molecule has 0 saturated carbocycles. The zero-order valence-corrected chi connectivity index (χ0v) is 11.6. The molecule has 0 aliphatic heterocycles. The van der Waals surface area contributed by atoms with Crippen LogP contribution in [-0.2, 0) is 0 Å². The maximum atomic E-state index is 13.2. The summed E-state index contributed by atoms with van der Waals surface area (Å²) in [7, 11) is 0. The Bertz CT molecular complexity index is 605. The van der Waals surface area contributed by atoms with Gasteiger partial charge in [0, 0.05) is 11.8 Å². The second-order valence-corrected chi connectivity index (χ2v) is 4.74. The third-order valence-electron chi connectivity index (χ3n) is 2.45. The molecule has 3 N–H and O–H groups in total. The number of rotatable bonds is 4. The van der Waals surface area contributed by atoms with Gasteiger partial charge in [0.2, 0.25) is 0 Å². The first-order chi connectivity index (χ1) is 9.45. The van der Waals surface area contributed by atoms with Gasteiger partial charge in [0.05, 0.1) is 15.8 Å². The Morgan fingerprint density at radius 1 is 1.15 bits per heavy atom. The minimum atomic E-state index is -2.86. The summed E-state index contributed by atoms with van der Waals surface area (Å²) in [6.45, 7) is -2.86. The highest BCUT2D eigenvalue weighted by Gasteiger charge is 2.07. The van der Waals surface area contributed by atoms with Gasteiger partial charge < -0.3 is 15.8 Å². The molecule has 0 fully saturated rings. The van der Waals surface area contributed by atoms with Gasteiger partial charge in [-0.3, -0.25) is 0 Å². The predicted octanol–water partition coefficient (Wildman–Crippen LogP) is 4.52. The molecule has 0 aromatic heterocycles. The minimum absolute atomic E-state index is 0.0545. The van der Waals surface area contributed by atoms with Gasteiger partial charge in [-0.05, 0) is 46.3 Å². The molecule has 7 heteroatoms. The van der Waals surface area contributed by atoms with E-state index in [4.69, 9.17) is 5.73 Å². The van der Waals surface area contributed by atoms with Crippen molar-refractivity contribution in [3.8, 4) is 5.75 Å². The van der Waals surface area contributed by atoms with Crippen LogP contribution in [0.15, 0.2) is 40.9 Å². The van der Waals surface area contributed by atoms with Crippen molar-refractivity contribution in [1.29, 1.82) is 0 Å². The van der Waals surface area contributed by atoms with Crippen LogP contribution in [0.25, 0.3) is 0 Å². The molecule has 2 rings (SSSR count). The highest BCUT2D eigenvalue weighted by molar-refractivity contribution is 9.10. The fourth-order valence-corrected chi connectivity index (χ4v) is 1.89. The highest BCUT2D eigenvalue weighted by Crippen LogP contribution is 2.29. The molecule has 0 aliphatic carbocycles. The van der Waals surface area contributed by atoms with Crippen molar-refractivity contribution in [2.24, 2.45) is 0 Å². The number of halogens is 4. The zero-order chi connectivity index (χ0) is 14.7. The van der Waals surface area contributed by atoms with Crippen LogP contribution < -0.4 is 15.8 Å². The van der Waals surface area contributed by atoms with E-state index in [-0.39, 0.29) is 15.9 Å². The lowest BCUT2D eigenvalue weighted by Gasteiger charge is -2.11. The van der Waals surface area contributed by atoms with Crippen molar-refractivity contribution in [3.63, 3.8) is 0 Å². The molecule has 2 aromatic carbocycles. The molecular formula is C13H10BrF3N2O. The molecule has 20 heavy (non-hydrogen) atoms. The summed E-state index contributed by atoms with van der Waals surface area (Å²) >= 11 is 3.06. The fraction of sp³-hybridized carbons (Fsp3) is 0.0769. The summed E-state index contributed by atoms with van der Waals surface area (Å²) < 4.78 is 41.8. The number of anilines is 3. The van der Waals surface area contributed by atoms with Gasteiger partial charge in [0.25, 0.3) is 0 Å². The summed E-state index contributed by atoms with van der Waals surface area (Å²) in [5, 5.41) is 2.96. The Labute approximate surface area is 121 Å². The van der Waals surface area contributed by atoms with Crippen LogP contribution >= 0.6 is 15.9 Å². The van der Waals surface area contributed by atoms with Crippen molar-refractivity contribution in [3.05, 3.63) is 46.7 Å². The first-order valence-corrected chi connectivity index (χ1v) is 6.31. The Morgan fingerprint density at radius 2 is 1.80 bits per heavy atom.